The molecule has 4 aromatic heterocycles. The number of halogens is 9. The predicted octanol–water partition coefficient (Wildman–Crippen LogP) is 11.4. The van der Waals surface area contributed by atoms with E-state index in [-0.39, 0.29) is 131 Å². The van der Waals surface area contributed by atoms with Crippen LogP contribution in [0.5, 0.6) is 23.0 Å². The SMILES string of the molecule is C.CCOC(=O)c1cn2c(c(OCc3ccccc3)c1=O)C(=O)N1C3CCC1(CC3)C2.O=C(NCc1c(F)cc(F)cc1F)c1cn2c(c(O)c1=O)C(=O)N1C3CCC1(CC3)C2.O=C(NCc1c(F)cc(F)cc1F)c1cn2c(c(O)c1=O)C(=O)N1C3CCC1(CC3)C2.O=C(NCc1c(F)cc(F)cc1F)c1cn2c(c(OCc3ccccc3)c1=O)C(=O)N1C3CCC1(CC3)C2. The van der Waals surface area contributed by atoms with E-state index in [0.717, 1.165) is 114 Å². The summed E-state index contributed by atoms with van der Waals surface area (Å²) in [5.41, 5.74) is -6.11. The Kier molecular flexibility index (Phi) is 23.3. The van der Waals surface area contributed by atoms with Gasteiger partial charge in [0.2, 0.25) is 21.7 Å². The second-order valence-electron chi connectivity index (χ2n) is 35.1. The minimum Gasteiger partial charge on any atom is -0.503 e. The Bertz CT molecular complexity index is 6280. The number of hydrogen-bond donors (Lipinski definition) is 5. The van der Waals surface area contributed by atoms with Gasteiger partial charge in [-0.3, -0.25) is 52.7 Å². The van der Waals surface area contributed by atoms with E-state index in [1.165, 1.54) is 33.9 Å². The summed E-state index contributed by atoms with van der Waals surface area (Å²) in [5, 5.41) is 27.7. The second kappa shape index (κ2) is 34.3. The van der Waals surface area contributed by atoms with E-state index in [9.17, 15) is 107 Å². The van der Waals surface area contributed by atoms with Gasteiger partial charge in [-0.05, 0) is 121 Å². The maximum absolute atomic E-state index is 14.1. The minimum absolute atomic E-state index is 0. The molecule has 12 aliphatic rings. The Hall–Kier alpha value is -13.8. The second-order valence-corrected chi connectivity index (χ2v) is 35.1. The Balaban J connectivity index is 0.000000122. The number of ether oxygens (including phenoxy) is 3. The third-order valence-electron chi connectivity index (χ3n) is 27.9. The van der Waals surface area contributed by atoms with Crippen LogP contribution in [0.25, 0.3) is 0 Å². The molecule has 0 saturated carbocycles. The fraction of sp³-hybridized carbons (Fsp3) is 0.383. The summed E-state index contributed by atoms with van der Waals surface area (Å²) in [6, 6.07) is 22.0. The molecular weight excluding hydrogens is 1730 g/mol. The first kappa shape index (κ1) is 89.2. The van der Waals surface area contributed by atoms with E-state index >= 15 is 0 Å². The molecule has 5 N–H and O–H groups in total. The number of nitrogens with zero attached hydrogens (tertiary/aromatic N) is 8. The van der Waals surface area contributed by atoms with Crippen LogP contribution in [-0.2, 0) is 63.8 Å². The van der Waals surface area contributed by atoms with E-state index in [2.05, 4.69) is 16.0 Å². The Morgan fingerprint density at radius 1 is 0.374 bits per heavy atom. The third kappa shape index (κ3) is 15.4. The molecule has 37 heteroatoms. The van der Waals surface area contributed by atoms with Gasteiger partial charge < -0.3 is 78.2 Å². The van der Waals surface area contributed by atoms with Gasteiger partial charge in [-0.2, -0.15) is 0 Å². The number of rotatable bonds is 17. The molecule has 0 spiro atoms. The van der Waals surface area contributed by atoms with Crippen molar-refractivity contribution in [3.63, 3.8) is 0 Å². The number of carbonyl (C=O) groups is 8. The van der Waals surface area contributed by atoms with Gasteiger partial charge in [-0.15, -0.1) is 0 Å². The molecule has 684 valence electrons. The molecule has 8 fully saturated rings. The lowest BCUT2D eigenvalue weighted by Crippen LogP contribution is -2.53. The molecule has 8 saturated heterocycles. The van der Waals surface area contributed by atoms with Gasteiger partial charge in [0.05, 0.1) is 28.8 Å². The molecule has 131 heavy (non-hydrogen) atoms. The van der Waals surface area contributed by atoms with Crippen LogP contribution >= 0.6 is 0 Å². The summed E-state index contributed by atoms with van der Waals surface area (Å²) in [6.45, 7) is 1.81. The summed E-state index contributed by atoms with van der Waals surface area (Å²) in [4.78, 5) is 163. The average molecular weight is 1810 g/mol. The summed E-state index contributed by atoms with van der Waals surface area (Å²) in [6.07, 6.45) is 19.2. The molecule has 5 aromatic carbocycles. The van der Waals surface area contributed by atoms with Crippen LogP contribution in [0.1, 0.15) is 228 Å². The number of carbonyl (C=O) groups excluding carboxylic acids is 8. The van der Waals surface area contributed by atoms with Crippen LogP contribution in [0.4, 0.5) is 39.5 Å². The predicted molar refractivity (Wildman–Crippen MR) is 447 cm³/mol. The fourth-order valence-electron chi connectivity index (χ4n) is 21.8. The van der Waals surface area contributed by atoms with Gasteiger partial charge in [0, 0.05) is 148 Å². The molecule has 0 unspecified atom stereocenters. The van der Waals surface area contributed by atoms with Crippen LogP contribution < -0.4 is 47.1 Å². The highest BCUT2D eigenvalue weighted by Crippen LogP contribution is 2.55. The zero-order valence-electron chi connectivity index (χ0n) is 69.7. The highest BCUT2D eigenvalue weighted by Gasteiger charge is 2.62. The van der Waals surface area contributed by atoms with Crippen LogP contribution in [0.3, 0.4) is 0 Å². The van der Waals surface area contributed by atoms with Gasteiger partial charge in [-0.1, -0.05) is 68.1 Å². The monoisotopic (exact) mass is 1810 g/mol. The van der Waals surface area contributed by atoms with Crippen LogP contribution in [0, 0.1) is 52.4 Å². The molecule has 8 bridgehead atoms. The number of amides is 7. The van der Waals surface area contributed by atoms with Gasteiger partial charge in [0.25, 0.3) is 41.4 Å². The number of benzene rings is 5. The topological polar surface area (TPSA) is 342 Å². The van der Waals surface area contributed by atoms with Crippen molar-refractivity contribution in [1.82, 2.24) is 53.8 Å². The van der Waals surface area contributed by atoms with Crippen LogP contribution in [0.2, 0.25) is 0 Å². The largest absolute Gasteiger partial charge is 0.503 e. The molecular formula is C94H88F9N11O17. The Morgan fingerprint density at radius 3 is 0.908 bits per heavy atom. The maximum atomic E-state index is 14.1. The van der Waals surface area contributed by atoms with Crippen molar-refractivity contribution in [2.45, 2.75) is 222 Å². The average Bonchev–Trinajstić information content (AvgIpc) is 1.58. The molecule has 28 nitrogen and oxygen atoms in total. The lowest BCUT2D eigenvalue weighted by molar-refractivity contribution is 0.0468. The first-order chi connectivity index (χ1) is 62.2. The summed E-state index contributed by atoms with van der Waals surface area (Å²) in [5.74, 6) is -17.1. The first-order valence-corrected chi connectivity index (χ1v) is 42.8. The summed E-state index contributed by atoms with van der Waals surface area (Å²) >= 11 is 0. The number of pyridine rings is 4. The smallest absolute Gasteiger partial charge is 0.343 e. The van der Waals surface area contributed by atoms with Gasteiger partial charge in [-0.25, -0.2) is 44.3 Å². The first-order valence-electron chi connectivity index (χ1n) is 42.8. The van der Waals surface area contributed by atoms with Crippen molar-refractivity contribution >= 4 is 47.3 Å². The normalized spacial score (nSPS) is 22.8. The van der Waals surface area contributed by atoms with E-state index in [1.807, 2.05) is 70.5 Å². The maximum Gasteiger partial charge on any atom is 0.343 e. The number of nitrogens with one attached hydrogen (secondary N) is 3. The standard InChI is InChI=1S/C28H24F3N3O4.C23H24N2O5.2C21H18F3N3O4.CH4/c29-17-10-21(30)19(22(31)11-17)12-32-26(36)20-13-33-15-28-8-6-18(7-9-28)34(28)27(37)23(33)25(24(20)35)38-14-16-4-2-1-3-5-16;1-2-29-22(28)17-12-24-14-23-10-8-16(9-11-23)25(23)21(27)18(24)20(19(17)26)30-13-15-6-4-3-5-7-15;2*22-10-5-14(23)12(15(24)6-10)7-25-19(30)13-8-26-9-21-3-1-11(2-4-21)27(21)20(31)16(26)18(29)17(13)28;/h1-5,10-11,13,18H,6-9,12,14-15H2,(H,32,36);3-7,12,16H,2,8-11,13-14H2,1H3;2*5-6,8,11,29H,1-4,7,9H2,(H,25,30);1H4. The number of hydrogen-bond acceptors (Lipinski definition) is 17. The van der Waals surface area contributed by atoms with Crippen molar-refractivity contribution in [2.75, 3.05) is 6.61 Å². The van der Waals surface area contributed by atoms with Crippen LogP contribution in [-0.4, -0.2) is 148 Å². The summed E-state index contributed by atoms with van der Waals surface area (Å²) in [7, 11) is 0. The lowest BCUT2D eigenvalue weighted by Gasteiger charge is -2.41. The third-order valence-corrected chi connectivity index (χ3v) is 27.9. The van der Waals surface area contributed by atoms with E-state index < -0.39 is 169 Å². The highest BCUT2D eigenvalue weighted by molar-refractivity contribution is 6.03. The van der Waals surface area contributed by atoms with Gasteiger partial charge >= 0.3 is 5.97 Å². The molecule has 7 amide bonds. The molecule has 16 heterocycles. The number of esters is 1. The van der Waals surface area contributed by atoms with Crippen molar-refractivity contribution in [3.05, 3.63) is 288 Å². The molecule has 0 radical (unpaired) electrons. The Labute approximate surface area is 740 Å². The number of aromatic hydroxyl groups is 2. The molecule has 0 atom stereocenters. The molecule has 9 aromatic rings. The van der Waals surface area contributed by atoms with Gasteiger partial charge in [0.15, 0.2) is 45.8 Å². The van der Waals surface area contributed by atoms with Crippen LogP contribution in [0.15, 0.2) is 141 Å². The van der Waals surface area contributed by atoms with Crippen molar-refractivity contribution < 1.29 is 102 Å². The van der Waals surface area contributed by atoms with Gasteiger partial charge in [0.1, 0.15) is 87.8 Å². The minimum atomic E-state index is -1.18. The zero-order chi connectivity index (χ0) is 91.6. The van der Waals surface area contributed by atoms with Crippen molar-refractivity contribution in [1.29, 1.82) is 0 Å². The van der Waals surface area contributed by atoms with E-state index in [0.29, 0.717) is 62.6 Å². The number of fused-ring (bicyclic) bond motifs is 4. The molecule has 0 aliphatic carbocycles. The summed E-state index contributed by atoms with van der Waals surface area (Å²) < 4.78 is 146. The lowest BCUT2D eigenvalue weighted by atomic mass is 9.86. The fourth-order valence-corrected chi connectivity index (χ4v) is 21.8. The van der Waals surface area contributed by atoms with E-state index in [1.54, 1.807) is 25.9 Å². The molecule has 21 rings (SSSR count). The Morgan fingerprint density at radius 2 is 0.626 bits per heavy atom. The van der Waals surface area contributed by atoms with E-state index in [4.69, 9.17) is 14.2 Å². The highest BCUT2D eigenvalue weighted by atomic mass is 19.2. The number of aromatic nitrogens is 4. The van der Waals surface area contributed by atoms with Crippen molar-refractivity contribution in [3.8, 4) is 23.0 Å². The molecule has 12 aliphatic heterocycles. The quantitative estimate of drug-likeness (QED) is 0.0418. The zero-order valence-corrected chi connectivity index (χ0v) is 69.7. The van der Waals surface area contributed by atoms with Crippen molar-refractivity contribution in [2.24, 2.45) is 0 Å².